The molecule has 7 rings (SSSR count). The minimum absolute atomic E-state index is 0.125. The lowest BCUT2D eigenvalue weighted by Crippen LogP contribution is -2.45. The number of aromatic nitrogens is 2. The van der Waals surface area contributed by atoms with E-state index in [4.69, 9.17) is 14.5 Å². The van der Waals surface area contributed by atoms with Crippen LogP contribution in [0.3, 0.4) is 0 Å². The van der Waals surface area contributed by atoms with Crippen LogP contribution in [0.25, 0.3) is 11.0 Å². The predicted molar refractivity (Wildman–Crippen MR) is 187 cm³/mol. The molecule has 2 aliphatic heterocycles. The Morgan fingerprint density at radius 1 is 0.851 bits per heavy atom. The third-order valence-electron chi connectivity index (χ3n) is 11.5. The van der Waals surface area contributed by atoms with E-state index >= 15 is 0 Å². The van der Waals surface area contributed by atoms with Gasteiger partial charge in [-0.2, -0.15) is 4.98 Å². The Morgan fingerprint density at radius 2 is 1.51 bits per heavy atom. The van der Waals surface area contributed by atoms with Crippen molar-refractivity contribution in [3.63, 3.8) is 0 Å². The van der Waals surface area contributed by atoms with E-state index in [1.807, 2.05) is 49.2 Å². The van der Waals surface area contributed by atoms with Crippen molar-refractivity contribution in [1.29, 1.82) is 0 Å². The summed E-state index contributed by atoms with van der Waals surface area (Å²) in [5, 5.41) is 0. The molecule has 3 atom stereocenters. The number of carbonyl (C=O) groups is 1. The van der Waals surface area contributed by atoms with Crippen molar-refractivity contribution in [3.05, 3.63) is 96.1 Å². The van der Waals surface area contributed by atoms with Crippen molar-refractivity contribution in [2.24, 2.45) is 0 Å². The van der Waals surface area contributed by atoms with Gasteiger partial charge in [-0.05, 0) is 106 Å². The first-order valence-corrected chi connectivity index (χ1v) is 17.9. The van der Waals surface area contributed by atoms with Crippen LogP contribution < -0.4 is 4.74 Å². The number of imidazole rings is 1. The maximum atomic E-state index is 13.0. The number of amides is 1. The number of benzene rings is 3. The third-order valence-corrected chi connectivity index (χ3v) is 11.5. The Morgan fingerprint density at radius 3 is 2.26 bits per heavy atom. The molecule has 0 spiro atoms. The molecule has 1 amide bonds. The molecular weight excluding hydrogens is 584 g/mol. The fraction of sp³-hybridized carbons (Fsp3) is 0.500. The molecule has 3 unspecified atom stereocenters. The van der Waals surface area contributed by atoms with E-state index in [0.29, 0.717) is 31.3 Å². The largest absolute Gasteiger partial charge is 0.465 e. The molecule has 0 N–H and O–H groups in total. The topological polar surface area (TPSA) is 59.8 Å². The second-order valence-corrected chi connectivity index (χ2v) is 14.1. The van der Waals surface area contributed by atoms with Crippen LogP contribution in [0, 0.1) is 0 Å². The van der Waals surface area contributed by atoms with E-state index in [9.17, 15) is 4.79 Å². The van der Waals surface area contributed by atoms with Gasteiger partial charge in [0.2, 0.25) is 0 Å². The molecule has 4 aromatic rings. The average molecular weight is 635 g/mol. The van der Waals surface area contributed by atoms with Crippen LogP contribution in [0.15, 0.2) is 84.9 Å². The van der Waals surface area contributed by atoms with Crippen LogP contribution in [0.1, 0.15) is 88.3 Å². The predicted octanol–water partition coefficient (Wildman–Crippen LogP) is 8.53. The second kappa shape index (κ2) is 14.1. The Kier molecular flexibility index (Phi) is 9.53. The third kappa shape index (κ3) is 6.64. The minimum Gasteiger partial charge on any atom is -0.465 e. The average Bonchev–Trinajstić information content (AvgIpc) is 3.62. The Bertz CT molecular complexity index is 1610. The Hall–Kier alpha value is -3.84. The molecule has 3 aliphatic rings. The lowest BCUT2D eigenvalue weighted by atomic mass is 9.66. The smallest absolute Gasteiger partial charge is 0.410 e. The number of carbonyl (C=O) groups excluding carboxylic acids is 1. The van der Waals surface area contributed by atoms with Gasteiger partial charge < -0.3 is 14.4 Å². The summed E-state index contributed by atoms with van der Waals surface area (Å²) in [4.78, 5) is 22.6. The van der Waals surface area contributed by atoms with E-state index in [1.54, 1.807) is 0 Å². The number of rotatable bonds is 10. The zero-order valence-electron chi connectivity index (χ0n) is 28.1. The molecule has 1 aromatic heterocycles. The number of ether oxygens (including phenoxy) is 2. The van der Waals surface area contributed by atoms with Crippen molar-refractivity contribution < 1.29 is 14.3 Å². The first kappa shape index (κ1) is 31.7. The van der Waals surface area contributed by atoms with Gasteiger partial charge in [-0.15, -0.1) is 0 Å². The quantitative estimate of drug-likeness (QED) is 0.175. The summed E-state index contributed by atoms with van der Waals surface area (Å²) in [7, 11) is 1.92. The van der Waals surface area contributed by atoms with Crippen LogP contribution in [0.5, 0.6) is 6.01 Å². The highest BCUT2D eigenvalue weighted by molar-refractivity contribution is 5.76. The van der Waals surface area contributed by atoms with Crippen molar-refractivity contribution in [2.75, 3.05) is 20.2 Å². The monoisotopic (exact) mass is 634 g/mol. The normalized spacial score (nSPS) is 26.2. The number of hydrogen-bond donors (Lipinski definition) is 0. The molecule has 3 aromatic carbocycles. The van der Waals surface area contributed by atoms with Gasteiger partial charge in [0.05, 0.1) is 17.6 Å². The highest BCUT2D eigenvalue weighted by Crippen LogP contribution is 2.46. The summed E-state index contributed by atoms with van der Waals surface area (Å²) in [6.45, 7) is 4.11. The van der Waals surface area contributed by atoms with Gasteiger partial charge in [0.25, 0.3) is 6.01 Å². The van der Waals surface area contributed by atoms with Crippen molar-refractivity contribution in [3.8, 4) is 6.01 Å². The summed E-state index contributed by atoms with van der Waals surface area (Å²) in [5.74, 6) is 0. The number of nitrogens with zero attached hydrogens (tertiary/aromatic N) is 4. The summed E-state index contributed by atoms with van der Waals surface area (Å²) in [5.41, 5.74) is 4.82. The molecule has 248 valence electrons. The molecule has 2 saturated heterocycles. The van der Waals surface area contributed by atoms with E-state index in [2.05, 4.69) is 64.1 Å². The molecule has 3 fully saturated rings. The van der Waals surface area contributed by atoms with E-state index < -0.39 is 0 Å². The molecule has 47 heavy (non-hydrogen) atoms. The summed E-state index contributed by atoms with van der Waals surface area (Å²) < 4.78 is 14.2. The summed E-state index contributed by atoms with van der Waals surface area (Å²) in [6.07, 6.45) is 11.2. The SMILES string of the molecule is CCOc1nc2ccccc2n1C1CCC2CCC(C1)N2CCC1(c2ccccc2)CCC(N(C)C(=O)OCc2ccccc2)CC1. The fourth-order valence-electron chi connectivity index (χ4n) is 8.93. The maximum Gasteiger partial charge on any atom is 0.410 e. The first-order valence-electron chi connectivity index (χ1n) is 17.9. The fourth-order valence-corrected chi connectivity index (χ4v) is 8.93. The van der Waals surface area contributed by atoms with Crippen molar-refractivity contribution >= 4 is 17.1 Å². The van der Waals surface area contributed by atoms with Crippen LogP contribution >= 0.6 is 0 Å². The molecule has 1 aliphatic carbocycles. The number of hydrogen-bond acceptors (Lipinski definition) is 5. The molecular formula is C40H50N4O3. The van der Waals surface area contributed by atoms with Gasteiger partial charge in [0.15, 0.2) is 0 Å². The van der Waals surface area contributed by atoms with Crippen molar-refractivity contribution in [2.45, 2.75) is 107 Å². The molecule has 7 nitrogen and oxygen atoms in total. The van der Waals surface area contributed by atoms with Crippen LogP contribution in [-0.4, -0.2) is 63.8 Å². The highest BCUT2D eigenvalue weighted by atomic mass is 16.6. The number of para-hydroxylation sites is 2. The zero-order chi connectivity index (χ0) is 32.2. The van der Waals surface area contributed by atoms with Gasteiger partial charge >= 0.3 is 6.09 Å². The minimum atomic E-state index is -0.222. The van der Waals surface area contributed by atoms with Crippen LogP contribution in [0.4, 0.5) is 4.79 Å². The van der Waals surface area contributed by atoms with E-state index in [-0.39, 0.29) is 17.6 Å². The van der Waals surface area contributed by atoms with Crippen LogP contribution in [0.2, 0.25) is 0 Å². The molecule has 7 heteroatoms. The highest BCUT2D eigenvalue weighted by Gasteiger charge is 2.43. The number of fused-ring (bicyclic) bond motifs is 3. The molecule has 2 bridgehead atoms. The first-order chi connectivity index (χ1) is 23.0. The van der Waals surface area contributed by atoms with Gasteiger partial charge in [0.1, 0.15) is 6.61 Å². The zero-order valence-corrected chi connectivity index (χ0v) is 28.1. The van der Waals surface area contributed by atoms with Crippen LogP contribution in [-0.2, 0) is 16.8 Å². The van der Waals surface area contributed by atoms with E-state index in [1.165, 1.54) is 30.3 Å². The van der Waals surface area contributed by atoms with Gasteiger partial charge in [-0.1, -0.05) is 72.8 Å². The Balaban J connectivity index is 1.03. The molecule has 0 radical (unpaired) electrons. The lowest BCUT2D eigenvalue weighted by Gasteiger charge is -2.44. The Labute approximate surface area is 279 Å². The summed E-state index contributed by atoms with van der Waals surface area (Å²) in [6, 6.07) is 32.2. The van der Waals surface area contributed by atoms with Crippen molar-refractivity contribution in [1.82, 2.24) is 19.4 Å². The standard InChI is InChI=1S/C40H50N4O3/c1-3-46-38-41-36-16-10-11-17-37(36)44(38)35-21-19-33-18-20-34(28-35)43(33)27-26-40(31-14-8-5-9-15-31)24-22-32(23-25-40)42(2)39(45)47-29-30-12-6-4-7-13-30/h4-17,32-35H,3,18-29H2,1-2H3. The molecule has 1 saturated carbocycles. The maximum absolute atomic E-state index is 13.0. The summed E-state index contributed by atoms with van der Waals surface area (Å²) >= 11 is 0. The van der Waals surface area contributed by atoms with Gasteiger partial charge in [-0.25, -0.2) is 4.79 Å². The van der Waals surface area contributed by atoms with Gasteiger partial charge in [0, 0.05) is 31.2 Å². The second-order valence-electron chi connectivity index (χ2n) is 14.1. The molecule has 3 heterocycles. The van der Waals surface area contributed by atoms with E-state index in [0.717, 1.165) is 68.6 Å². The lowest BCUT2D eigenvalue weighted by molar-refractivity contribution is 0.0723. The van der Waals surface area contributed by atoms with Gasteiger partial charge in [-0.3, -0.25) is 9.47 Å².